The van der Waals surface area contributed by atoms with Crippen LogP contribution in [0.4, 0.5) is 14.9 Å². The van der Waals surface area contributed by atoms with Gasteiger partial charge in [-0.1, -0.05) is 30.5 Å². The van der Waals surface area contributed by atoms with Crippen LogP contribution in [0, 0.1) is 19.7 Å². The number of aromatic nitrogens is 2. The molecule has 0 spiro atoms. The average molecular weight is 332 g/mol. The molecule has 0 unspecified atom stereocenters. The third-order valence-corrected chi connectivity index (χ3v) is 4.51. The third-order valence-electron chi connectivity index (χ3n) is 4.51. The summed E-state index contributed by atoms with van der Waals surface area (Å²) in [5.74, 6) is 0.622. The minimum Gasteiger partial charge on any atom is -0.337 e. The Hall–Kier alpha value is -2.44. The highest BCUT2D eigenvalue weighted by atomic mass is 19.1. The van der Waals surface area contributed by atoms with E-state index in [1.807, 2.05) is 0 Å². The van der Waals surface area contributed by atoms with Gasteiger partial charge < -0.3 is 15.2 Å². The van der Waals surface area contributed by atoms with Gasteiger partial charge in [0.1, 0.15) is 11.4 Å². The van der Waals surface area contributed by atoms with Crippen molar-refractivity contribution >= 4 is 11.7 Å². The minimum atomic E-state index is -0.662. The summed E-state index contributed by atoms with van der Waals surface area (Å²) in [4.78, 5) is 16.8. The van der Waals surface area contributed by atoms with E-state index in [1.54, 1.807) is 26.0 Å². The van der Waals surface area contributed by atoms with Crippen molar-refractivity contribution in [3.8, 4) is 0 Å². The molecule has 1 aliphatic carbocycles. The van der Waals surface area contributed by atoms with Gasteiger partial charge in [-0.3, -0.25) is 0 Å². The molecule has 7 heteroatoms. The molecule has 128 valence electrons. The van der Waals surface area contributed by atoms with Crippen molar-refractivity contribution in [3.63, 3.8) is 0 Å². The summed E-state index contributed by atoms with van der Waals surface area (Å²) in [7, 11) is 0. The SMILES string of the molecule is Cc1noc(C2(NC(=O)Nc3cccc(F)c3C)CCCCC2)n1. The normalized spacial score (nSPS) is 16.6. The second-order valence-electron chi connectivity index (χ2n) is 6.28. The quantitative estimate of drug-likeness (QED) is 0.896. The highest BCUT2D eigenvalue weighted by Gasteiger charge is 2.40. The molecule has 1 aliphatic rings. The Bertz CT molecular complexity index is 738. The van der Waals surface area contributed by atoms with Gasteiger partial charge in [0.25, 0.3) is 5.89 Å². The molecule has 0 atom stereocenters. The van der Waals surface area contributed by atoms with Crippen molar-refractivity contribution in [3.05, 3.63) is 41.3 Å². The average Bonchev–Trinajstić information content (AvgIpc) is 3.00. The van der Waals surface area contributed by atoms with E-state index in [9.17, 15) is 9.18 Å². The van der Waals surface area contributed by atoms with Gasteiger partial charge in [-0.15, -0.1) is 0 Å². The molecule has 1 aromatic carbocycles. The molecule has 6 nitrogen and oxygen atoms in total. The van der Waals surface area contributed by atoms with Crippen LogP contribution < -0.4 is 10.6 Å². The monoisotopic (exact) mass is 332 g/mol. The van der Waals surface area contributed by atoms with E-state index in [0.29, 0.717) is 23.0 Å². The van der Waals surface area contributed by atoms with Gasteiger partial charge in [0.2, 0.25) is 0 Å². The van der Waals surface area contributed by atoms with Gasteiger partial charge in [-0.25, -0.2) is 9.18 Å². The number of hydrogen-bond acceptors (Lipinski definition) is 4. The molecule has 3 rings (SSSR count). The maximum absolute atomic E-state index is 13.6. The Morgan fingerprint density at radius 1 is 1.25 bits per heavy atom. The van der Waals surface area contributed by atoms with Crippen LogP contribution in [0.15, 0.2) is 22.7 Å². The maximum Gasteiger partial charge on any atom is 0.320 e. The first-order valence-corrected chi connectivity index (χ1v) is 8.15. The zero-order valence-corrected chi connectivity index (χ0v) is 13.9. The highest BCUT2D eigenvalue weighted by molar-refractivity contribution is 5.90. The molecule has 2 N–H and O–H groups in total. The number of hydrogen-bond donors (Lipinski definition) is 2. The van der Waals surface area contributed by atoms with E-state index < -0.39 is 11.6 Å². The third kappa shape index (κ3) is 3.25. The van der Waals surface area contributed by atoms with Crippen molar-refractivity contribution in [1.82, 2.24) is 15.5 Å². The fraction of sp³-hybridized carbons (Fsp3) is 0.471. The van der Waals surface area contributed by atoms with Crippen molar-refractivity contribution in [1.29, 1.82) is 0 Å². The first-order valence-electron chi connectivity index (χ1n) is 8.15. The lowest BCUT2D eigenvalue weighted by atomic mass is 9.81. The van der Waals surface area contributed by atoms with Crippen LogP contribution >= 0.6 is 0 Å². The summed E-state index contributed by atoms with van der Waals surface area (Å²) in [6, 6.07) is 4.20. The lowest BCUT2D eigenvalue weighted by molar-refractivity contribution is 0.173. The van der Waals surface area contributed by atoms with Gasteiger partial charge in [0.05, 0.1) is 0 Å². The van der Waals surface area contributed by atoms with Gasteiger partial charge in [0.15, 0.2) is 5.82 Å². The zero-order valence-electron chi connectivity index (χ0n) is 13.9. The topological polar surface area (TPSA) is 80.0 Å². The Morgan fingerprint density at radius 3 is 2.67 bits per heavy atom. The van der Waals surface area contributed by atoms with Crippen molar-refractivity contribution < 1.29 is 13.7 Å². The number of amides is 2. The molecule has 2 aromatic rings. The van der Waals surface area contributed by atoms with E-state index in [4.69, 9.17) is 4.52 Å². The van der Waals surface area contributed by atoms with Crippen LogP contribution in [0.25, 0.3) is 0 Å². The molecular formula is C17H21FN4O2. The lowest BCUT2D eigenvalue weighted by Crippen LogP contribution is -2.49. The number of nitrogens with one attached hydrogen (secondary N) is 2. The molecule has 2 amide bonds. The van der Waals surface area contributed by atoms with Gasteiger partial charge in [-0.2, -0.15) is 4.98 Å². The summed E-state index contributed by atoms with van der Waals surface area (Å²) in [5.41, 5.74) is 0.185. The zero-order chi connectivity index (χ0) is 17.2. The Morgan fingerprint density at radius 2 is 2.00 bits per heavy atom. The van der Waals surface area contributed by atoms with Crippen LogP contribution in [0.1, 0.15) is 49.4 Å². The highest BCUT2D eigenvalue weighted by Crippen LogP contribution is 2.36. The predicted molar refractivity (Wildman–Crippen MR) is 87.1 cm³/mol. The molecule has 1 fully saturated rings. The lowest BCUT2D eigenvalue weighted by Gasteiger charge is -2.34. The number of halogens is 1. The predicted octanol–water partition coefficient (Wildman–Crippen LogP) is 3.81. The minimum absolute atomic E-state index is 0.354. The summed E-state index contributed by atoms with van der Waals surface area (Å²) < 4.78 is 19.0. The largest absolute Gasteiger partial charge is 0.337 e. The second kappa shape index (κ2) is 6.59. The molecule has 1 heterocycles. The standard InChI is InChI=1S/C17H21FN4O2/c1-11-13(18)7-6-8-14(11)20-16(23)21-17(9-4-3-5-10-17)15-19-12(2)22-24-15/h6-8H,3-5,9-10H2,1-2H3,(H2,20,21,23). The number of nitrogens with zero attached hydrogens (tertiary/aromatic N) is 2. The molecule has 0 saturated heterocycles. The van der Waals surface area contributed by atoms with E-state index in [0.717, 1.165) is 32.1 Å². The summed E-state index contributed by atoms with van der Waals surface area (Å²) >= 11 is 0. The number of urea groups is 1. The molecule has 0 aliphatic heterocycles. The van der Waals surface area contributed by atoms with Crippen molar-refractivity contribution in [2.45, 2.75) is 51.5 Å². The summed E-state index contributed by atoms with van der Waals surface area (Å²) in [6.07, 6.45) is 4.54. The Labute approximate surface area is 139 Å². The molecule has 24 heavy (non-hydrogen) atoms. The number of carbonyl (C=O) groups is 1. The second-order valence-corrected chi connectivity index (χ2v) is 6.28. The van der Waals surface area contributed by atoms with Crippen LogP contribution in [0.5, 0.6) is 0 Å². The fourth-order valence-corrected chi connectivity index (χ4v) is 3.15. The first kappa shape index (κ1) is 16.4. The van der Waals surface area contributed by atoms with Crippen molar-refractivity contribution in [2.24, 2.45) is 0 Å². The van der Waals surface area contributed by atoms with Gasteiger partial charge in [0, 0.05) is 11.3 Å². The summed E-state index contributed by atoms with van der Waals surface area (Å²) in [5, 5.41) is 9.55. The maximum atomic E-state index is 13.6. The Balaban J connectivity index is 1.80. The number of aryl methyl sites for hydroxylation is 1. The van der Waals surface area contributed by atoms with Crippen LogP contribution in [-0.2, 0) is 5.54 Å². The number of anilines is 1. The fourth-order valence-electron chi connectivity index (χ4n) is 3.15. The first-order chi connectivity index (χ1) is 11.5. The van der Waals surface area contributed by atoms with Crippen LogP contribution in [-0.4, -0.2) is 16.2 Å². The van der Waals surface area contributed by atoms with E-state index in [2.05, 4.69) is 20.8 Å². The van der Waals surface area contributed by atoms with E-state index >= 15 is 0 Å². The van der Waals surface area contributed by atoms with E-state index in [1.165, 1.54) is 6.07 Å². The molecule has 0 radical (unpaired) electrons. The number of rotatable bonds is 3. The van der Waals surface area contributed by atoms with Gasteiger partial charge >= 0.3 is 6.03 Å². The summed E-state index contributed by atoms with van der Waals surface area (Å²) in [6.45, 7) is 3.38. The molecule has 1 aromatic heterocycles. The Kier molecular flexibility index (Phi) is 4.51. The van der Waals surface area contributed by atoms with Crippen LogP contribution in [0.3, 0.4) is 0 Å². The van der Waals surface area contributed by atoms with Crippen LogP contribution in [0.2, 0.25) is 0 Å². The smallest absolute Gasteiger partial charge is 0.320 e. The number of carbonyl (C=O) groups excluding carboxylic acids is 1. The molecular weight excluding hydrogens is 311 g/mol. The molecule has 1 saturated carbocycles. The number of benzene rings is 1. The van der Waals surface area contributed by atoms with E-state index in [-0.39, 0.29) is 5.82 Å². The molecule has 0 bridgehead atoms. The van der Waals surface area contributed by atoms with Gasteiger partial charge in [-0.05, 0) is 38.8 Å². The van der Waals surface area contributed by atoms with Crippen molar-refractivity contribution in [2.75, 3.05) is 5.32 Å².